The Hall–Kier alpha value is 1.82. The van der Waals surface area contributed by atoms with Crippen LogP contribution in [0.3, 0.4) is 0 Å². The molecule has 3 unspecified atom stereocenters. The third-order valence-corrected chi connectivity index (χ3v) is 6.96. The quantitative estimate of drug-likeness (QED) is 0.403. The fourth-order valence-electron chi connectivity index (χ4n) is 5.80. The van der Waals surface area contributed by atoms with E-state index < -0.39 is 0 Å². The van der Waals surface area contributed by atoms with Gasteiger partial charge in [-0.05, 0) is 72.1 Å². The van der Waals surface area contributed by atoms with Crippen LogP contribution in [-0.4, -0.2) is 22.4 Å². The first-order valence-electron chi connectivity index (χ1n) is 8.26. The van der Waals surface area contributed by atoms with E-state index in [1.165, 1.54) is 11.1 Å². The Labute approximate surface area is 209 Å². The van der Waals surface area contributed by atoms with Crippen LogP contribution in [0.5, 0.6) is 5.75 Å². The number of fused-ring (bicyclic) bond motifs is 8. The van der Waals surface area contributed by atoms with Crippen LogP contribution in [0.2, 0.25) is 0 Å². The van der Waals surface area contributed by atoms with Crippen molar-refractivity contribution in [1.29, 1.82) is 0 Å². The summed E-state index contributed by atoms with van der Waals surface area (Å²) in [6, 6.07) is 5.82. The first kappa shape index (κ1) is 19.6. The topological polar surface area (TPSA) is 53.0 Å². The average molecular weight is 740 g/mol. The van der Waals surface area contributed by atoms with Gasteiger partial charge in [0.15, 0.2) is 0 Å². The van der Waals surface area contributed by atoms with Crippen molar-refractivity contribution in [1.82, 2.24) is 0 Å². The molecule has 23 heavy (non-hydrogen) atoms. The fourth-order valence-corrected chi connectivity index (χ4v) is 5.80. The van der Waals surface area contributed by atoms with Crippen LogP contribution in [-0.2, 0) is 4.74 Å². The van der Waals surface area contributed by atoms with Crippen LogP contribution in [0.25, 0.3) is 0 Å². The maximum Gasteiger partial charge on any atom is 0.115 e. The number of phenolic OH excluding ortho intramolecular Hbond substituents is 1. The number of ether oxygens (including phenoxy) is 1. The molecule has 1 aromatic rings. The summed E-state index contributed by atoms with van der Waals surface area (Å²) < 4.78 is 6.02. The molecule has 1 aliphatic heterocycles. The number of aliphatic hydroxyl groups excluding tert-OH is 1. The number of aromatic hydroxyl groups is 1. The van der Waals surface area contributed by atoms with Crippen LogP contribution in [0.4, 0.5) is 0 Å². The number of phenols is 1. The molecule has 5 rings (SSSR count). The third kappa shape index (κ3) is 2.79. The van der Waals surface area contributed by atoms with E-state index in [4.69, 9.17) is 4.74 Å². The molecular weight excluding hydrogens is 718 g/mol. The van der Waals surface area contributed by atoms with E-state index in [0.717, 1.165) is 25.7 Å². The van der Waals surface area contributed by atoms with Crippen LogP contribution in [0.1, 0.15) is 55.8 Å². The minimum Gasteiger partial charge on any atom is -0.508 e. The Morgan fingerprint density at radius 2 is 1.91 bits per heavy atom. The van der Waals surface area contributed by atoms with Crippen molar-refractivity contribution in [3.63, 3.8) is 0 Å². The smallest absolute Gasteiger partial charge is 0.115 e. The molecule has 5 heteroatoms. The van der Waals surface area contributed by atoms with E-state index in [2.05, 4.69) is 13.0 Å². The predicted octanol–water partition coefficient (Wildman–Crippen LogP) is 3.12. The summed E-state index contributed by atoms with van der Waals surface area (Å²) in [4.78, 5) is 0. The molecule has 4 aliphatic rings. The van der Waals surface area contributed by atoms with Crippen molar-refractivity contribution in [2.45, 2.75) is 56.8 Å². The van der Waals surface area contributed by atoms with Crippen LogP contribution in [0.15, 0.2) is 18.2 Å². The average Bonchev–Trinajstić information content (AvgIpc) is 3.20. The normalized spacial score (nSPS) is 45.5. The Balaban J connectivity index is 0.000000781. The molecular formula is C18H22Ac2O3. The molecule has 1 heterocycles. The van der Waals surface area contributed by atoms with Crippen molar-refractivity contribution in [2.24, 2.45) is 17.3 Å². The van der Waals surface area contributed by atoms with Gasteiger partial charge in [0.1, 0.15) is 11.9 Å². The molecule has 7 atom stereocenters. The number of rotatable bonds is 0. The van der Waals surface area contributed by atoms with E-state index in [-0.39, 0.29) is 106 Å². The minimum absolute atomic E-state index is 0. The molecule has 2 N–H and O–H groups in total. The largest absolute Gasteiger partial charge is 0.508 e. The molecule has 0 amide bonds. The summed E-state index contributed by atoms with van der Waals surface area (Å²) in [6.07, 6.45) is 4.70. The van der Waals surface area contributed by atoms with Gasteiger partial charge in [-0.1, -0.05) is 13.0 Å². The fraction of sp³-hybridized carbons (Fsp3) is 0.667. The molecule has 3 fully saturated rings. The van der Waals surface area contributed by atoms with E-state index in [1.54, 1.807) is 0 Å². The van der Waals surface area contributed by atoms with Gasteiger partial charge in [0.05, 0.1) is 12.2 Å². The number of aliphatic hydroxyl groups is 1. The zero-order valence-corrected chi connectivity index (χ0v) is 23.0. The minimum atomic E-state index is -0.137. The molecule has 0 bridgehead atoms. The zero-order chi connectivity index (χ0) is 14.4. The summed E-state index contributed by atoms with van der Waals surface area (Å²) in [7, 11) is 0. The first-order chi connectivity index (χ1) is 10.1. The van der Waals surface area contributed by atoms with Gasteiger partial charge in [0.2, 0.25) is 0 Å². The van der Waals surface area contributed by atoms with Crippen LogP contribution >= 0.6 is 0 Å². The molecule has 2 saturated carbocycles. The van der Waals surface area contributed by atoms with Crippen LogP contribution < -0.4 is 0 Å². The summed E-state index contributed by atoms with van der Waals surface area (Å²) in [5, 5.41) is 20.2. The summed E-state index contributed by atoms with van der Waals surface area (Å²) in [6.45, 7) is 2.29. The molecule has 1 aromatic carbocycles. The molecule has 2 radical (unpaired) electrons. The standard InChI is InChI=1S/C18H22O3.2Ac/c1-18-7-6-11-10-3-2-9(19)8-12(10)16-17(21-16)15(11)13(18)4-5-14(18)20;;/h2-3,8,11,13-17,19-20H,4-7H2,1H3;;/t11?,13?,14-,15?,16+,17-,18-;;/m0../s1. The van der Waals surface area contributed by atoms with Crippen molar-refractivity contribution in [3.8, 4) is 5.75 Å². The van der Waals surface area contributed by atoms with Gasteiger partial charge < -0.3 is 14.9 Å². The van der Waals surface area contributed by atoms with Crippen molar-refractivity contribution >= 4 is 0 Å². The second kappa shape index (κ2) is 6.77. The number of hydrogen-bond acceptors (Lipinski definition) is 3. The predicted molar refractivity (Wildman–Crippen MR) is 78.0 cm³/mol. The number of epoxide rings is 1. The third-order valence-electron chi connectivity index (χ3n) is 6.96. The molecule has 0 aromatic heterocycles. The molecule has 3 nitrogen and oxygen atoms in total. The second-order valence-electron chi connectivity index (χ2n) is 7.76. The van der Waals surface area contributed by atoms with Gasteiger partial charge in [0.25, 0.3) is 0 Å². The molecule has 3 aliphatic carbocycles. The number of benzene rings is 1. The maximum absolute atomic E-state index is 10.4. The second-order valence-corrected chi connectivity index (χ2v) is 7.76. The van der Waals surface area contributed by atoms with E-state index >= 15 is 0 Å². The first-order valence-corrected chi connectivity index (χ1v) is 8.26. The zero-order valence-electron chi connectivity index (χ0n) is 13.5. The van der Waals surface area contributed by atoms with Gasteiger partial charge in [-0.3, -0.25) is 0 Å². The van der Waals surface area contributed by atoms with E-state index in [9.17, 15) is 10.2 Å². The molecule has 118 valence electrons. The monoisotopic (exact) mass is 740 g/mol. The summed E-state index contributed by atoms with van der Waals surface area (Å²) in [5.41, 5.74) is 2.69. The van der Waals surface area contributed by atoms with Gasteiger partial charge in [-0.25, -0.2) is 0 Å². The van der Waals surface area contributed by atoms with E-state index in [1.807, 2.05) is 12.1 Å². The Morgan fingerprint density at radius 1 is 1.13 bits per heavy atom. The van der Waals surface area contributed by atoms with E-state index in [0.29, 0.717) is 29.6 Å². The molecule has 0 spiro atoms. The summed E-state index contributed by atoms with van der Waals surface area (Å²) in [5.74, 6) is 2.04. The van der Waals surface area contributed by atoms with Gasteiger partial charge >= 0.3 is 0 Å². The maximum atomic E-state index is 10.4. The summed E-state index contributed by atoms with van der Waals surface area (Å²) >= 11 is 0. The Bertz CT molecular complexity index is 622. The molecule has 1 saturated heterocycles. The van der Waals surface area contributed by atoms with Gasteiger partial charge in [-0.2, -0.15) is 0 Å². The Morgan fingerprint density at radius 3 is 2.70 bits per heavy atom. The SMILES string of the molecule is C[C@]12CCC3c4ccc(O)cc4[C@H]4O[C@H]4C3C1CC[C@@H]2O.[Ac].[Ac]. The van der Waals surface area contributed by atoms with Gasteiger partial charge in [0, 0.05) is 88.1 Å². The van der Waals surface area contributed by atoms with Crippen molar-refractivity contribution in [3.05, 3.63) is 29.3 Å². The van der Waals surface area contributed by atoms with Crippen molar-refractivity contribution in [2.75, 3.05) is 0 Å². The number of hydrogen-bond donors (Lipinski definition) is 2. The van der Waals surface area contributed by atoms with Gasteiger partial charge in [-0.15, -0.1) is 0 Å². The van der Waals surface area contributed by atoms with Crippen molar-refractivity contribution < 1.29 is 103 Å². The van der Waals surface area contributed by atoms with Crippen LogP contribution in [0, 0.1) is 105 Å². The Kier molecular flexibility index (Phi) is 5.76.